The minimum absolute atomic E-state index is 0.0999. The van der Waals surface area contributed by atoms with Gasteiger partial charge in [-0.05, 0) is 38.1 Å². The van der Waals surface area contributed by atoms with Crippen molar-refractivity contribution in [3.63, 3.8) is 0 Å². The largest absolute Gasteiger partial charge is 0.493 e. The molecule has 23 heavy (non-hydrogen) atoms. The summed E-state index contributed by atoms with van der Waals surface area (Å²) < 4.78 is 16.6. The third-order valence-corrected chi connectivity index (χ3v) is 5.36. The quantitative estimate of drug-likeness (QED) is 0.918. The van der Waals surface area contributed by atoms with Gasteiger partial charge < -0.3 is 19.6 Å². The highest BCUT2D eigenvalue weighted by molar-refractivity contribution is 5.95. The molecule has 6 heteroatoms. The van der Waals surface area contributed by atoms with Gasteiger partial charge in [-0.2, -0.15) is 5.10 Å². The normalized spacial score (nSPS) is 31.2. The van der Waals surface area contributed by atoms with Crippen LogP contribution in [0.25, 0.3) is 0 Å². The predicted molar refractivity (Wildman–Crippen MR) is 87.5 cm³/mol. The van der Waals surface area contributed by atoms with Gasteiger partial charge in [0, 0.05) is 11.5 Å². The van der Waals surface area contributed by atoms with E-state index in [1.165, 1.54) is 18.6 Å². The fourth-order valence-corrected chi connectivity index (χ4v) is 4.26. The maximum Gasteiger partial charge on any atom is 0.203 e. The number of benzene rings is 1. The molecule has 2 atom stereocenters. The van der Waals surface area contributed by atoms with E-state index in [4.69, 9.17) is 14.2 Å². The molecule has 0 spiro atoms. The third kappa shape index (κ3) is 2.08. The number of rotatable bonds is 4. The van der Waals surface area contributed by atoms with Crippen LogP contribution >= 0.6 is 0 Å². The molecule has 4 aliphatic heterocycles. The van der Waals surface area contributed by atoms with Crippen LogP contribution < -0.4 is 19.6 Å². The lowest BCUT2D eigenvalue weighted by Crippen LogP contribution is -2.56. The number of fused-ring (bicyclic) bond motifs is 2. The standard InChI is InChI=1S/C17H23N3O3/c1-21-12-5-4-11(16(22-2)17(12)23-3)14-15-13(18-19-14)10-6-8-20(15)9-7-10/h4-5,10,14-15,19H,6-9H2,1-3H3. The summed E-state index contributed by atoms with van der Waals surface area (Å²) in [5.74, 6) is 2.67. The molecule has 1 N–H and O–H groups in total. The van der Waals surface area contributed by atoms with Gasteiger partial charge in [0.1, 0.15) is 0 Å². The van der Waals surface area contributed by atoms with Crippen LogP contribution in [0.5, 0.6) is 17.2 Å². The molecule has 6 nitrogen and oxygen atoms in total. The predicted octanol–water partition coefficient (Wildman–Crippen LogP) is 1.81. The van der Waals surface area contributed by atoms with Crippen molar-refractivity contribution < 1.29 is 14.2 Å². The molecule has 3 fully saturated rings. The highest BCUT2D eigenvalue weighted by atomic mass is 16.5. The second-order valence-corrected chi connectivity index (χ2v) is 6.32. The van der Waals surface area contributed by atoms with Crippen LogP contribution in [0.1, 0.15) is 24.4 Å². The van der Waals surface area contributed by atoms with Crippen molar-refractivity contribution in [3.05, 3.63) is 17.7 Å². The fraction of sp³-hybridized carbons (Fsp3) is 0.588. The minimum Gasteiger partial charge on any atom is -0.493 e. The Morgan fingerprint density at radius 3 is 2.43 bits per heavy atom. The Morgan fingerprint density at radius 1 is 1.04 bits per heavy atom. The molecule has 3 saturated heterocycles. The van der Waals surface area contributed by atoms with Crippen LogP contribution in [0, 0.1) is 5.92 Å². The summed E-state index contributed by atoms with van der Waals surface area (Å²) in [6.07, 6.45) is 2.46. The van der Waals surface area contributed by atoms with E-state index in [1.54, 1.807) is 21.3 Å². The number of hydrazone groups is 1. The fourth-order valence-electron chi connectivity index (χ4n) is 4.26. The molecule has 2 bridgehead atoms. The van der Waals surface area contributed by atoms with Gasteiger partial charge in [0.25, 0.3) is 0 Å². The maximum atomic E-state index is 5.67. The van der Waals surface area contributed by atoms with Crippen LogP contribution in [0.3, 0.4) is 0 Å². The van der Waals surface area contributed by atoms with Gasteiger partial charge in [0.05, 0.1) is 39.1 Å². The molecule has 1 aromatic rings. The molecule has 4 heterocycles. The Labute approximate surface area is 136 Å². The molecule has 5 rings (SSSR count). The molecular weight excluding hydrogens is 294 g/mol. The van der Waals surface area contributed by atoms with Crippen molar-refractivity contribution in [2.24, 2.45) is 11.0 Å². The molecule has 4 aliphatic rings. The van der Waals surface area contributed by atoms with Crippen molar-refractivity contribution in [1.29, 1.82) is 0 Å². The first-order valence-corrected chi connectivity index (χ1v) is 8.14. The number of ether oxygens (including phenoxy) is 3. The van der Waals surface area contributed by atoms with Gasteiger partial charge in [-0.25, -0.2) is 0 Å². The molecule has 1 aromatic carbocycles. The first kappa shape index (κ1) is 14.6. The summed E-state index contributed by atoms with van der Waals surface area (Å²) in [5, 5.41) is 4.67. The van der Waals surface area contributed by atoms with Crippen molar-refractivity contribution in [2.75, 3.05) is 34.4 Å². The average molecular weight is 317 g/mol. The number of nitrogens with zero attached hydrogens (tertiary/aromatic N) is 2. The Bertz CT molecular complexity index is 638. The highest BCUT2D eigenvalue weighted by Gasteiger charge is 2.47. The Morgan fingerprint density at radius 2 is 1.78 bits per heavy atom. The van der Waals surface area contributed by atoms with E-state index < -0.39 is 0 Å². The zero-order valence-corrected chi connectivity index (χ0v) is 13.8. The van der Waals surface area contributed by atoms with Crippen molar-refractivity contribution in [3.8, 4) is 17.2 Å². The first-order valence-electron chi connectivity index (χ1n) is 8.14. The molecule has 124 valence electrons. The zero-order valence-electron chi connectivity index (χ0n) is 13.8. The summed E-state index contributed by atoms with van der Waals surface area (Å²) in [6.45, 7) is 2.31. The lowest BCUT2D eigenvalue weighted by Gasteiger charge is -2.45. The smallest absolute Gasteiger partial charge is 0.203 e. The van der Waals surface area contributed by atoms with Crippen molar-refractivity contribution in [1.82, 2.24) is 10.3 Å². The summed E-state index contributed by atoms with van der Waals surface area (Å²) >= 11 is 0. The van der Waals surface area contributed by atoms with E-state index in [0.29, 0.717) is 23.5 Å². The number of nitrogens with one attached hydrogen (secondary N) is 1. The number of piperidine rings is 3. The van der Waals surface area contributed by atoms with Crippen LogP contribution in [0.4, 0.5) is 0 Å². The van der Waals surface area contributed by atoms with E-state index in [-0.39, 0.29) is 6.04 Å². The van der Waals surface area contributed by atoms with E-state index in [2.05, 4.69) is 21.5 Å². The number of hydrogen-bond acceptors (Lipinski definition) is 6. The molecule has 0 saturated carbocycles. The van der Waals surface area contributed by atoms with Crippen LogP contribution in [-0.4, -0.2) is 51.1 Å². The topological polar surface area (TPSA) is 55.3 Å². The number of hydrogen-bond donors (Lipinski definition) is 1. The molecule has 0 radical (unpaired) electrons. The van der Waals surface area contributed by atoms with Crippen molar-refractivity contribution in [2.45, 2.75) is 24.9 Å². The molecular formula is C17H23N3O3. The SMILES string of the molecule is COc1ccc(C2NN=C3C4CCN(CC4)C32)c(OC)c1OC. The Kier molecular flexibility index (Phi) is 3.56. The maximum absolute atomic E-state index is 5.67. The van der Waals surface area contributed by atoms with Crippen LogP contribution in [-0.2, 0) is 0 Å². The lowest BCUT2D eigenvalue weighted by molar-refractivity contribution is 0.133. The van der Waals surface area contributed by atoms with Crippen molar-refractivity contribution >= 4 is 5.71 Å². The van der Waals surface area contributed by atoms with Crippen LogP contribution in [0.2, 0.25) is 0 Å². The van der Waals surface area contributed by atoms with E-state index >= 15 is 0 Å². The Balaban J connectivity index is 1.74. The molecule has 2 unspecified atom stereocenters. The van der Waals surface area contributed by atoms with Gasteiger partial charge >= 0.3 is 0 Å². The van der Waals surface area contributed by atoms with Gasteiger partial charge in [0.2, 0.25) is 5.75 Å². The lowest BCUT2D eigenvalue weighted by atomic mass is 9.78. The third-order valence-electron chi connectivity index (χ3n) is 5.36. The zero-order chi connectivity index (χ0) is 16.0. The van der Waals surface area contributed by atoms with E-state index in [9.17, 15) is 0 Å². The summed E-state index contributed by atoms with van der Waals surface area (Å²) in [4.78, 5) is 2.54. The van der Waals surface area contributed by atoms with Gasteiger partial charge in [-0.3, -0.25) is 4.90 Å². The number of methoxy groups -OCH3 is 3. The van der Waals surface area contributed by atoms with Gasteiger partial charge in [-0.1, -0.05) is 0 Å². The summed E-state index contributed by atoms with van der Waals surface area (Å²) in [6, 6.07) is 4.42. The second kappa shape index (κ2) is 5.60. The van der Waals surface area contributed by atoms with E-state index in [1.807, 2.05) is 6.07 Å². The summed E-state index contributed by atoms with van der Waals surface area (Å²) in [5.41, 5.74) is 5.73. The van der Waals surface area contributed by atoms with E-state index in [0.717, 1.165) is 24.4 Å². The first-order chi connectivity index (χ1) is 11.3. The Hall–Kier alpha value is -1.95. The minimum atomic E-state index is 0.0999. The van der Waals surface area contributed by atoms with Gasteiger partial charge in [-0.15, -0.1) is 0 Å². The average Bonchev–Trinajstić information content (AvgIpc) is 3.08. The summed E-state index contributed by atoms with van der Waals surface area (Å²) in [7, 11) is 4.95. The van der Waals surface area contributed by atoms with Gasteiger partial charge in [0.15, 0.2) is 11.5 Å². The highest BCUT2D eigenvalue weighted by Crippen LogP contribution is 2.46. The van der Waals surface area contributed by atoms with Crippen LogP contribution in [0.15, 0.2) is 17.2 Å². The monoisotopic (exact) mass is 317 g/mol. The molecule has 0 aliphatic carbocycles. The second-order valence-electron chi connectivity index (χ2n) is 6.32. The molecule has 0 aromatic heterocycles. The molecule has 0 amide bonds.